The number of aliphatic carboxylic acids is 1. The molecule has 8 N–H and O–H groups in total. The molecule has 0 aliphatic carbocycles. The average Bonchev–Trinajstić information content (AvgIpc) is 2.21. The van der Waals surface area contributed by atoms with Crippen molar-refractivity contribution in [3.63, 3.8) is 0 Å². The van der Waals surface area contributed by atoms with Gasteiger partial charge in [-0.05, 0) is 205 Å². The molecule has 17 nitrogen and oxygen atoms in total. The molecule has 2 aliphatic heterocycles. The summed E-state index contributed by atoms with van der Waals surface area (Å²) in [5.74, 6) is 39.8. The number of nitrogens with one attached hydrogen (secondary N) is 3. The quantitative estimate of drug-likeness (QED) is 0.0344. The zero-order chi connectivity index (χ0) is 64.7. The molecule has 8 rings (SSSR count). The number of amides is 1. The van der Waals surface area contributed by atoms with Gasteiger partial charge in [-0.2, -0.15) is 17.6 Å². The van der Waals surface area contributed by atoms with E-state index in [1.54, 1.807) is 109 Å². The fourth-order valence-electron chi connectivity index (χ4n) is 7.96. The van der Waals surface area contributed by atoms with E-state index in [-0.39, 0.29) is 36.7 Å². The number of halogens is 4. The molecule has 0 spiro atoms. The predicted octanol–water partition coefficient (Wildman–Crippen LogP) is 7.59. The number of hydrogen-bond donors (Lipinski definition) is 8. The van der Waals surface area contributed by atoms with Crippen molar-refractivity contribution in [3.05, 3.63) is 133 Å². The van der Waals surface area contributed by atoms with Gasteiger partial charge in [-0.3, -0.25) is 9.59 Å². The number of aliphatic hydroxyl groups excluding tert-OH is 4. The molecule has 0 bridgehead atoms. The number of aromatic nitrogens is 4. The maximum Gasteiger partial charge on any atom is 0.387 e. The molecule has 1 amide bonds. The van der Waals surface area contributed by atoms with Crippen LogP contribution >= 0.6 is 0 Å². The monoisotopic (exact) mass is 1220 g/mol. The molecule has 2 saturated heterocycles. The Bertz CT molecular complexity index is 3870. The topological polar surface area (TPSA) is 245 Å². The van der Waals surface area contributed by atoms with Gasteiger partial charge in [-0.1, -0.05) is 54.5 Å². The van der Waals surface area contributed by atoms with Gasteiger partial charge < -0.3 is 55.9 Å². The van der Waals surface area contributed by atoms with E-state index in [4.69, 9.17) is 16.6 Å². The van der Waals surface area contributed by atoms with Crippen molar-refractivity contribution < 1.29 is 62.2 Å². The molecule has 2 fully saturated rings. The van der Waals surface area contributed by atoms with E-state index in [1.165, 1.54) is 24.3 Å². The average molecular weight is 1220 g/mol. The number of rotatable bonds is 16. The SMILES string of the molecule is C#CC#CC#CC#CC#CC#CC#CC#CC#CC.O=C(O)[C@H](CO)c1ccc(Nc2ncc(-c3ccc(OC(F)F)cc3)cn2)cc1.O=C([C@H](CO)c1ccc(Nc2ncc(-c3ccc(OC(F)F)cc3)cn2)cc1)N1CCC[C@H](O)C1.O[C@H]1CCCNC1. The number of piperidine rings is 2. The van der Waals surface area contributed by atoms with Crippen LogP contribution in [0.2, 0.25) is 0 Å². The smallest absolute Gasteiger partial charge is 0.387 e. The van der Waals surface area contributed by atoms with Crippen molar-refractivity contribution in [2.45, 2.75) is 69.9 Å². The van der Waals surface area contributed by atoms with E-state index in [9.17, 15) is 42.5 Å². The normalized spacial score (nSPS) is 13.7. The number of terminal acetylenes is 1. The van der Waals surface area contributed by atoms with Crippen LogP contribution in [0.3, 0.4) is 0 Å². The van der Waals surface area contributed by atoms with Crippen molar-refractivity contribution in [3.8, 4) is 141 Å². The molecule has 2 aromatic heterocycles. The molecule has 0 saturated carbocycles. The first-order valence-corrected chi connectivity index (χ1v) is 27.4. The molecule has 0 radical (unpaired) electrons. The molecule has 2 aliphatic rings. The highest BCUT2D eigenvalue weighted by Crippen LogP contribution is 2.27. The molecular weight excluding hydrogens is 1160 g/mol. The highest BCUT2D eigenvalue weighted by atomic mass is 19.3. The number of anilines is 4. The summed E-state index contributed by atoms with van der Waals surface area (Å²) < 4.78 is 57.6. The van der Waals surface area contributed by atoms with Gasteiger partial charge in [0.15, 0.2) is 0 Å². The Labute approximate surface area is 519 Å². The zero-order valence-electron chi connectivity index (χ0n) is 48.3. The summed E-state index contributed by atoms with van der Waals surface area (Å²) in [4.78, 5) is 42.6. The number of carbonyl (C=O) groups excluding carboxylic acids is 1. The number of hydrogen-bond acceptors (Lipinski definition) is 15. The number of carboxylic acids is 1. The first-order chi connectivity index (χ1) is 43.7. The lowest BCUT2D eigenvalue weighted by atomic mass is 9.96. The van der Waals surface area contributed by atoms with Crippen LogP contribution < -0.4 is 25.4 Å². The summed E-state index contributed by atoms with van der Waals surface area (Å²) in [5.41, 5.74) is 5.42. The van der Waals surface area contributed by atoms with Crippen LogP contribution in [0.15, 0.2) is 122 Å². The third-order valence-corrected chi connectivity index (χ3v) is 12.3. The summed E-state index contributed by atoms with van der Waals surface area (Å²) in [5, 5.41) is 55.9. The lowest BCUT2D eigenvalue weighted by Gasteiger charge is -2.32. The van der Waals surface area contributed by atoms with Gasteiger partial charge >= 0.3 is 19.2 Å². The lowest BCUT2D eigenvalue weighted by Crippen LogP contribution is -2.44. The molecule has 21 heteroatoms. The number of carboxylic acid groups (broad SMARTS) is 1. The van der Waals surface area contributed by atoms with E-state index >= 15 is 0 Å². The van der Waals surface area contributed by atoms with Gasteiger partial charge in [-0.25, -0.2) is 19.9 Å². The molecule has 456 valence electrons. The number of aliphatic hydroxyl groups is 4. The maximum absolute atomic E-state index is 12.8. The second-order valence-corrected chi connectivity index (χ2v) is 18.5. The Balaban J connectivity index is 0.000000241. The second kappa shape index (κ2) is 39.4. The molecule has 4 aromatic carbocycles. The van der Waals surface area contributed by atoms with E-state index in [2.05, 4.69) is 146 Å². The van der Waals surface area contributed by atoms with E-state index in [1.807, 2.05) is 0 Å². The maximum atomic E-state index is 12.8. The second-order valence-electron chi connectivity index (χ2n) is 18.5. The standard InChI is InChI=1S/C25H26F2N4O4.C20H17F2N3O4.C19H4.C5H11NO/c26-24(27)35-21-9-5-16(6-10-21)18-12-28-25(29-13-18)30-19-7-3-17(4-8-19)22(15-32)23(34)31-11-1-2-20(33)14-31;21-19(22)29-16-7-3-12(4-8-16)14-9-23-20(24-10-14)25-15-5-1-13(2-6-15)17(11-26)18(27)28;1-3-5-7-9-11-13-15-17-19-18-16-14-12-10-8-6-4-2;7-5-2-1-3-6-4-5/h3-10,12-13,20,22,24,32-33H,1-2,11,14-15H2,(H,28,29,30);1-10,17,19,26H,11H2,(H,27,28)(H,23,24,25);1H,2H3;5-7H,1-4H2/t20-,22+;17-;;5-/m01.0/s1. The first-order valence-electron chi connectivity index (χ1n) is 27.4. The minimum Gasteiger partial charge on any atom is -0.481 e. The summed E-state index contributed by atoms with van der Waals surface area (Å²) in [6.45, 7) is -2.12. The van der Waals surface area contributed by atoms with Crippen LogP contribution in [0.4, 0.5) is 40.8 Å². The molecule has 4 atom stereocenters. The van der Waals surface area contributed by atoms with Crippen molar-refractivity contribution in [1.82, 2.24) is 30.2 Å². The van der Waals surface area contributed by atoms with Gasteiger partial charge in [0.05, 0.1) is 31.3 Å². The number of β-amino-alcohol motifs (C(OH)–C–C–N with tert-alkyl or cyclic N) is 2. The van der Waals surface area contributed by atoms with Crippen LogP contribution in [0.5, 0.6) is 11.5 Å². The molecular formula is C69H58F4N8O9. The van der Waals surface area contributed by atoms with Crippen LogP contribution in [0.25, 0.3) is 22.3 Å². The van der Waals surface area contributed by atoms with E-state index < -0.39 is 43.7 Å². The largest absolute Gasteiger partial charge is 0.481 e. The van der Waals surface area contributed by atoms with Crippen molar-refractivity contribution >= 4 is 35.1 Å². The first kappa shape index (κ1) is 69.5. The molecule has 6 aromatic rings. The summed E-state index contributed by atoms with van der Waals surface area (Å²) >= 11 is 0. The Morgan fingerprint density at radius 1 is 0.578 bits per heavy atom. The number of ether oxygens (including phenoxy) is 2. The highest BCUT2D eigenvalue weighted by molar-refractivity contribution is 5.84. The number of carbonyl (C=O) groups is 2. The van der Waals surface area contributed by atoms with Crippen LogP contribution in [0, 0.1) is 107 Å². The third kappa shape index (κ3) is 25.8. The fourth-order valence-corrected chi connectivity index (χ4v) is 7.96. The minimum atomic E-state index is -2.87. The number of nitrogens with zero attached hydrogens (tertiary/aromatic N) is 5. The number of benzene rings is 4. The van der Waals surface area contributed by atoms with Gasteiger partial charge in [0.2, 0.25) is 17.8 Å². The van der Waals surface area contributed by atoms with Crippen molar-refractivity contribution in [2.75, 3.05) is 50.0 Å². The summed E-state index contributed by atoms with van der Waals surface area (Å²) in [7, 11) is 0. The van der Waals surface area contributed by atoms with Gasteiger partial charge in [0.25, 0.3) is 0 Å². The molecule has 0 unspecified atom stereocenters. The Morgan fingerprint density at radius 2 is 0.978 bits per heavy atom. The minimum absolute atomic E-state index is 0.0673. The Hall–Kier alpha value is -11.3. The van der Waals surface area contributed by atoms with Gasteiger partial charge in [-0.15, -0.1) is 6.42 Å². The van der Waals surface area contributed by atoms with Crippen LogP contribution in [0.1, 0.15) is 55.6 Å². The van der Waals surface area contributed by atoms with Gasteiger partial charge in [0, 0.05) is 66.9 Å². The van der Waals surface area contributed by atoms with E-state index in [0.717, 1.165) is 43.5 Å². The number of likely N-dealkylation sites (tertiary alicyclic amines) is 1. The van der Waals surface area contributed by atoms with Crippen LogP contribution in [-0.2, 0) is 9.59 Å². The van der Waals surface area contributed by atoms with Crippen LogP contribution in [-0.4, -0.2) is 127 Å². The fraction of sp³-hybridized carbons (Fsp3) is 0.246. The van der Waals surface area contributed by atoms with Crippen molar-refractivity contribution in [2.24, 2.45) is 0 Å². The Morgan fingerprint density at radius 3 is 1.31 bits per heavy atom. The lowest BCUT2D eigenvalue weighted by molar-refractivity contribution is -0.140. The molecule has 90 heavy (non-hydrogen) atoms. The predicted molar refractivity (Wildman–Crippen MR) is 332 cm³/mol. The third-order valence-electron chi connectivity index (χ3n) is 12.3. The van der Waals surface area contributed by atoms with Gasteiger partial charge in [0.1, 0.15) is 17.4 Å². The Kier molecular flexibility index (Phi) is 30.5. The highest BCUT2D eigenvalue weighted by Gasteiger charge is 2.29. The number of alkyl halides is 4. The molecule has 4 heterocycles. The van der Waals surface area contributed by atoms with E-state index in [0.29, 0.717) is 58.5 Å². The zero-order valence-corrected chi connectivity index (χ0v) is 48.3. The van der Waals surface area contributed by atoms with Crippen molar-refractivity contribution in [1.29, 1.82) is 0 Å². The summed E-state index contributed by atoms with van der Waals surface area (Å²) in [6.07, 6.45) is 14.2. The summed E-state index contributed by atoms with van der Waals surface area (Å²) in [6, 6.07) is 25.9.